The summed E-state index contributed by atoms with van der Waals surface area (Å²) in [5, 5.41) is 3.75. The van der Waals surface area contributed by atoms with E-state index in [0.717, 1.165) is 5.69 Å². The number of carbonyl (C=O) groups excluding carboxylic acids is 1. The van der Waals surface area contributed by atoms with Crippen LogP contribution in [0.5, 0.6) is 0 Å². The summed E-state index contributed by atoms with van der Waals surface area (Å²) < 4.78 is 13.9. The van der Waals surface area contributed by atoms with E-state index in [1.54, 1.807) is 23.3 Å². The zero-order valence-electron chi connectivity index (χ0n) is 13.2. The molecule has 1 aliphatic rings. The van der Waals surface area contributed by atoms with E-state index in [4.69, 9.17) is 0 Å². The zero-order chi connectivity index (χ0) is 16.4. The van der Waals surface area contributed by atoms with Gasteiger partial charge < -0.3 is 4.90 Å². The number of rotatable bonds is 5. The third-order valence-electron chi connectivity index (χ3n) is 4.27. The molecule has 3 rings (SSSR count). The van der Waals surface area contributed by atoms with E-state index < -0.39 is 6.17 Å². The number of hydrogen-bond donors (Lipinski definition) is 0. The van der Waals surface area contributed by atoms with E-state index in [2.05, 4.69) is 9.88 Å². The van der Waals surface area contributed by atoms with Crippen molar-refractivity contribution in [3.8, 4) is 0 Å². The minimum atomic E-state index is -0.821. The Kier molecular flexibility index (Phi) is 5.08. The third-order valence-corrected chi connectivity index (χ3v) is 5.87. The average Bonchev–Trinajstić information content (AvgIpc) is 3.23. The SMILES string of the molecule is Cc1ncsc1CN1C[C@@H](F)C[C@H]1CN(C)C(=O)c1ccsc1. The van der Waals surface area contributed by atoms with Crippen LogP contribution in [0.3, 0.4) is 0 Å². The second kappa shape index (κ2) is 7.07. The Bertz CT molecular complexity index is 658. The van der Waals surface area contributed by atoms with Crippen LogP contribution in [0.2, 0.25) is 0 Å². The van der Waals surface area contributed by atoms with Crippen molar-refractivity contribution >= 4 is 28.6 Å². The lowest BCUT2D eigenvalue weighted by atomic mass is 10.2. The maximum Gasteiger partial charge on any atom is 0.254 e. The number of aromatic nitrogens is 1. The van der Waals surface area contributed by atoms with Crippen molar-refractivity contribution in [2.45, 2.75) is 32.1 Å². The number of thiazole rings is 1. The van der Waals surface area contributed by atoms with E-state index >= 15 is 0 Å². The fraction of sp³-hybridized carbons (Fsp3) is 0.500. The lowest BCUT2D eigenvalue weighted by Crippen LogP contribution is -2.40. The van der Waals surface area contributed by atoms with Crippen LogP contribution in [0.15, 0.2) is 22.3 Å². The fourth-order valence-electron chi connectivity index (χ4n) is 2.97. The number of likely N-dealkylation sites (N-methyl/N-ethyl adjacent to an activating group) is 1. The summed E-state index contributed by atoms with van der Waals surface area (Å²) in [7, 11) is 1.79. The van der Waals surface area contributed by atoms with E-state index in [9.17, 15) is 9.18 Å². The Morgan fingerprint density at radius 3 is 3.04 bits per heavy atom. The number of carbonyl (C=O) groups is 1. The predicted octanol–water partition coefficient (Wildman–Crippen LogP) is 3.20. The molecule has 0 N–H and O–H groups in total. The first-order chi connectivity index (χ1) is 11.0. The van der Waals surface area contributed by atoms with Gasteiger partial charge in [0.15, 0.2) is 0 Å². The van der Waals surface area contributed by atoms with Gasteiger partial charge in [-0.1, -0.05) is 0 Å². The van der Waals surface area contributed by atoms with Crippen molar-refractivity contribution in [3.05, 3.63) is 38.5 Å². The molecule has 0 aromatic carbocycles. The van der Waals surface area contributed by atoms with Gasteiger partial charge in [-0.25, -0.2) is 9.37 Å². The average molecular weight is 353 g/mol. The van der Waals surface area contributed by atoms with Gasteiger partial charge in [0.05, 0.1) is 16.8 Å². The molecule has 7 heteroatoms. The number of nitrogens with zero attached hydrogens (tertiary/aromatic N) is 3. The van der Waals surface area contributed by atoms with E-state index in [-0.39, 0.29) is 11.9 Å². The fourth-order valence-corrected chi connectivity index (χ4v) is 4.41. The molecule has 1 fully saturated rings. The number of alkyl halides is 1. The number of likely N-dealkylation sites (tertiary alicyclic amines) is 1. The molecular weight excluding hydrogens is 333 g/mol. The molecule has 2 aromatic heterocycles. The topological polar surface area (TPSA) is 36.4 Å². The monoisotopic (exact) mass is 353 g/mol. The van der Waals surface area contributed by atoms with Crippen LogP contribution in [0.1, 0.15) is 27.3 Å². The van der Waals surface area contributed by atoms with Crippen molar-refractivity contribution < 1.29 is 9.18 Å². The summed E-state index contributed by atoms with van der Waals surface area (Å²) in [6, 6.07) is 1.88. The summed E-state index contributed by atoms with van der Waals surface area (Å²) in [6.07, 6.45) is -0.336. The quantitative estimate of drug-likeness (QED) is 0.828. The van der Waals surface area contributed by atoms with Crippen LogP contribution >= 0.6 is 22.7 Å². The number of hydrogen-bond acceptors (Lipinski definition) is 5. The van der Waals surface area contributed by atoms with Crippen molar-refractivity contribution in [2.75, 3.05) is 20.1 Å². The standard InChI is InChI=1S/C16H20FN3OS2/c1-11-15(23-10-18-11)8-20-6-13(17)5-14(20)7-19(2)16(21)12-3-4-22-9-12/h3-4,9-10,13-14H,5-8H2,1-2H3/t13-,14-/m0/s1. The normalized spacial score (nSPS) is 21.7. The number of halogens is 1. The smallest absolute Gasteiger partial charge is 0.254 e. The lowest BCUT2D eigenvalue weighted by Gasteiger charge is -2.28. The minimum absolute atomic E-state index is 0.00230. The largest absolute Gasteiger partial charge is 0.340 e. The van der Waals surface area contributed by atoms with Gasteiger partial charge >= 0.3 is 0 Å². The highest BCUT2D eigenvalue weighted by molar-refractivity contribution is 7.09. The van der Waals surface area contributed by atoms with Gasteiger partial charge in [-0.2, -0.15) is 11.3 Å². The summed E-state index contributed by atoms with van der Waals surface area (Å²) in [6.45, 7) is 3.67. The van der Waals surface area contributed by atoms with Gasteiger partial charge in [-0.3, -0.25) is 9.69 Å². The molecule has 0 saturated carbocycles. The summed E-state index contributed by atoms with van der Waals surface area (Å²) in [5.41, 5.74) is 3.55. The Morgan fingerprint density at radius 2 is 2.39 bits per heavy atom. The number of thiophene rings is 1. The zero-order valence-corrected chi connectivity index (χ0v) is 14.9. The molecule has 2 aromatic rings. The molecule has 3 heterocycles. The Morgan fingerprint density at radius 1 is 1.57 bits per heavy atom. The van der Waals surface area contributed by atoms with Crippen molar-refractivity contribution in [2.24, 2.45) is 0 Å². The molecule has 1 amide bonds. The number of amides is 1. The number of aryl methyl sites for hydroxylation is 1. The highest BCUT2D eigenvalue weighted by atomic mass is 32.1. The van der Waals surface area contributed by atoms with Gasteiger partial charge in [0.1, 0.15) is 6.17 Å². The van der Waals surface area contributed by atoms with Gasteiger partial charge in [-0.05, 0) is 24.8 Å². The van der Waals surface area contributed by atoms with Crippen LogP contribution in [0.4, 0.5) is 4.39 Å². The summed E-state index contributed by atoms with van der Waals surface area (Å²) >= 11 is 3.12. The molecule has 124 valence electrons. The molecule has 1 aliphatic heterocycles. The Hall–Kier alpha value is -1.31. The highest BCUT2D eigenvalue weighted by Crippen LogP contribution is 2.26. The van der Waals surface area contributed by atoms with Crippen LogP contribution in [-0.2, 0) is 6.54 Å². The maximum atomic E-state index is 13.9. The first-order valence-electron chi connectivity index (χ1n) is 7.59. The van der Waals surface area contributed by atoms with Crippen molar-refractivity contribution in [3.63, 3.8) is 0 Å². The summed E-state index contributed by atoms with van der Waals surface area (Å²) in [4.78, 5) is 21.6. The maximum absolute atomic E-state index is 13.9. The lowest BCUT2D eigenvalue weighted by molar-refractivity contribution is 0.0750. The first kappa shape index (κ1) is 16.5. The molecule has 0 aliphatic carbocycles. The molecule has 0 unspecified atom stereocenters. The second-order valence-corrected chi connectivity index (χ2v) is 7.69. The van der Waals surface area contributed by atoms with Crippen LogP contribution in [-0.4, -0.2) is 53.0 Å². The molecule has 4 nitrogen and oxygen atoms in total. The Labute approximate surface area is 143 Å². The minimum Gasteiger partial charge on any atom is -0.340 e. The highest BCUT2D eigenvalue weighted by Gasteiger charge is 2.34. The van der Waals surface area contributed by atoms with E-state index in [1.807, 2.05) is 29.3 Å². The molecule has 0 bridgehead atoms. The van der Waals surface area contributed by atoms with Gasteiger partial charge in [0, 0.05) is 43.0 Å². The summed E-state index contributed by atoms with van der Waals surface area (Å²) in [5.74, 6) is 0.00230. The molecule has 0 radical (unpaired) electrons. The van der Waals surface area contributed by atoms with Gasteiger partial charge in [0.2, 0.25) is 0 Å². The molecule has 1 saturated heterocycles. The van der Waals surface area contributed by atoms with Gasteiger partial charge in [0.25, 0.3) is 5.91 Å². The Balaban J connectivity index is 1.65. The van der Waals surface area contributed by atoms with Crippen LogP contribution in [0, 0.1) is 6.92 Å². The second-order valence-electron chi connectivity index (χ2n) is 5.97. The molecule has 2 atom stereocenters. The van der Waals surface area contributed by atoms with E-state index in [0.29, 0.717) is 31.6 Å². The molecule has 0 spiro atoms. The predicted molar refractivity (Wildman–Crippen MR) is 91.8 cm³/mol. The van der Waals surface area contributed by atoms with Crippen molar-refractivity contribution in [1.82, 2.24) is 14.8 Å². The molecule has 23 heavy (non-hydrogen) atoms. The third kappa shape index (κ3) is 3.79. The van der Waals surface area contributed by atoms with Crippen LogP contribution < -0.4 is 0 Å². The van der Waals surface area contributed by atoms with Crippen molar-refractivity contribution in [1.29, 1.82) is 0 Å². The molecular formula is C16H20FN3OS2. The first-order valence-corrected chi connectivity index (χ1v) is 9.41. The van der Waals surface area contributed by atoms with Crippen LogP contribution in [0.25, 0.3) is 0 Å². The van der Waals surface area contributed by atoms with E-state index in [1.165, 1.54) is 16.2 Å². The van der Waals surface area contributed by atoms with Gasteiger partial charge in [-0.15, -0.1) is 11.3 Å².